The van der Waals surface area contributed by atoms with Crippen LogP contribution in [0, 0.1) is 13.8 Å². The molecule has 0 amide bonds. The summed E-state index contributed by atoms with van der Waals surface area (Å²) >= 11 is 0. The van der Waals surface area contributed by atoms with Crippen LogP contribution in [-0.4, -0.2) is 24.5 Å². The number of alkyl halides is 3. The number of hydrogen-bond acceptors (Lipinski definition) is 4. The zero-order valence-electron chi connectivity index (χ0n) is 11.2. The lowest BCUT2D eigenvalue weighted by Gasteiger charge is -2.12. The Morgan fingerprint density at radius 1 is 1.00 bits per heavy atom. The molecule has 3 aromatic heterocycles. The number of rotatable bonds is 2. The molecule has 3 rings (SSSR count). The van der Waals surface area contributed by atoms with Crippen molar-refractivity contribution in [2.45, 2.75) is 20.0 Å². The van der Waals surface area contributed by atoms with Crippen LogP contribution < -0.4 is 5.43 Å². The van der Waals surface area contributed by atoms with E-state index >= 15 is 0 Å². The van der Waals surface area contributed by atoms with Gasteiger partial charge in [0.15, 0.2) is 11.5 Å². The summed E-state index contributed by atoms with van der Waals surface area (Å²) in [5.74, 6) is -0.891. The third kappa shape index (κ3) is 2.30. The summed E-state index contributed by atoms with van der Waals surface area (Å²) in [6.07, 6.45) is -4.61. The molecule has 0 saturated carbocycles. The van der Waals surface area contributed by atoms with Crippen molar-refractivity contribution in [2.24, 2.45) is 0 Å². The van der Waals surface area contributed by atoms with Crippen LogP contribution in [0.5, 0.6) is 0 Å². The highest BCUT2D eigenvalue weighted by Crippen LogP contribution is 2.27. The van der Waals surface area contributed by atoms with E-state index in [0.717, 1.165) is 11.4 Å². The molecule has 0 aliphatic carbocycles. The van der Waals surface area contributed by atoms with Gasteiger partial charge in [0.1, 0.15) is 0 Å². The molecule has 0 aliphatic rings. The van der Waals surface area contributed by atoms with E-state index in [0.29, 0.717) is 4.52 Å². The van der Waals surface area contributed by atoms with Gasteiger partial charge in [0.05, 0.1) is 0 Å². The predicted octanol–water partition coefficient (Wildman–Crippen LogP) is 2.44. The van der Waals surface area contributed by atoms with Crippen molar-refractivity contribution in [3.05, 3.63) is 41.5 Å². The van der Waals surface area contributed by atoms with E-state index in [1.807, 2.05) is 26.0 Å². The molecule has 3 aromatic rings. The molecule has 0 aliphatic heterocycles. The number of aryl methyl sites for hydroxylation is 2. The molecule has 21 heavy (non-hydrogen) atoms. The Morgan fingerprint density at radius 2 is 1.67 bits per heavy atom. The normalized spacial score (nSPS) is 12.0. The second-order valence-corrected chi connectivity index (χ2v) is 4.57. The Bertz CT molecular complexity index is 782. The van der Waals surface area contributed by atoms with Gasteiger partial charge < -0.3 is 0 Å². The third-order valence-corrected chi connectivity index (χ3v) is 3.01. The second kappa shape index (κ2) is 4.47. The van der Waals surface area contributed by atoms with Gasteiger partial charge in [-0.05, 0) is 38.1 Å². The molecule has 0 saturated heterocycles. The fourth-order valence-corrected chi connectivity index (χ4v) is 1.98. The summed E-state index contributed by atoms with van der Waals surface area (Å²) in [4.78, 5) is 0. The molecule has 9 heteroatoms. The molecule has 3 heterocycles. The highest BCUT2D eigenvalue weighted by Gasteiger charge is 2.37. The molecule has 0 aromatic carbocycles. The van der Waals surface area contributed by atoms with Crippen LogP contribution in [0.4, 0.5) is 19.0 Å². The summed E-state index contributed by atoms with van der Waals surface area (Å²) in [6, 6.07) is 6.75. The number of aromatic nitrogens is 5. The van der Waals surface area contributed by atoms with Gasteiger partial charge in [-0.2, -0.15) is 17.7 Å². The SMILES string of the molecule is Cc1ccc(C)n1Nc1ccc2nnc(C(F)(F)F)n2n1. The second-order valence-electron chi connectivity index (χ2n) is 4.57. The lowest BCUT2D eigenvalue weighted by molar-refractivity contribution is -0.146. The van der Waals surface area contributed by atoms with Crippen LogP contribution in [-0.2, 0) is 6.18 Å². The number of nitrogens with one attached hydrogen (secondary N) is 1. The predicted molar refractivity (Wildman–Crippen MR) is 68.7 cm³/mol. The number of fused-ring (bicyclic) bond motifs is 1. The molecule has 0 fully saturated rings. The lowest BCUT2D eigenvalue weighted by atomic mass is 10.5. The zero-order valence-corrected chi connectivity index (χ0v) is 11.2. The summed E-state index contributed by atoms with van der Waals surface area (Å²) in [5.41, 5.74) is 4.80. The quantitative estimate of drug-likeness (QED) is 0.789. The Labute approximate surface area is 117 Å². The number of halogens is 3. The first kappa shape index (κ1) is 13.4. The maximum atomic E-state index is 12.8. The number of nitrogens with zero attached hydrogens (tertiary/aromatic N) is 5. The number of hydrogen-bond donors (Lipinski definition) is 1. The highest BCUT2D eigenvalue weighted by atomic mass is 19.4. The maximum absolute atomic E-state index is 12.8. The van der Waals surface area contributed by atoms with Gasteiger partial charge in [-0.1, -0.05) is 0 Å². The Balaban J connectivity index is 2.05. The van der Waals surface area contributed by atoms with Crippen molar-refractivity contribution in [3.8, 4) is 0 Å². The van der Waals surface area contributed by atoms with Crippen LogP contribution in [0.25, 0.3) is 5.65 Å². The lowest BCUT2D eigenvalue weighted by Crippen LogP contribution is -2.16. The van der Waals surface area contributed by atoms with E-state index in [4.69, 9.17) is 0 Å². The standard InChI is InChI=1S/C12H11F3N6/c1-7-3-4-8(2)20(7)18-9-5-6-10-16-17-11(12(13,14)15)21(10)19-9/h3-6H,1-2H3,(H,18,19). The highest BCUT2D eigenvalue weighted by molar-refractivity contribution is 5.44. The monoisotopic (exact) mass is 296 g/mol. The fourth-order valence-electron chi connectivity index (χ4n) is 1.98. The Kier molecular flexibility index (Phi) is 2.85. The van der Waals surface area contributed by atoms with Crippen LogP contribution in [0.2, 0.25) is 0 Å². The first-order valence-electron chi connectivity index (χ1n) is 6.08. The molecular formula is C12H11F3N6. The molecule has 0 bridgehead atoms. The fraction of sp³-hybridized carbons (Fsp3) is 0.250. The summed E-state index contributed by atoms with van der Waals surface area (Å²) < 4.78 is 40.8. The molecule has 0 radical (unpaired) electrons. The molecule has 1 N–H and O–H groups in total. The van der Waals surface area contributed by atoms with Crippen molar-refractivity contribution < 1.29 is 13.2 Å². The van der Waals surface area contributed by atoms with Gasteiger partial charge >= 0.3 is 6.18 Å². The average molecular weight is 296 g/mol. The molecule has 110 valence electrons. The molecule has 0 spiro atoms. The smallest absolute Gasteiger partial charge is 0.276 e. The van der Waals surface area contributed by atoms with Crippen molar-refractivity contribution in [2.75, 3.05) is 5.43 Å². The first-order valence-corrected chi connectivity index (χ1v) is 6.08. The minimum absolute atomic E-state index is 0.0359. The van der Waals surface area contributed by atoms with Crippen molar-refractivity contribution >= 4 is 11.5 Å². The summed E-state index contributed by atoms with van der Waals surface area (Å²) in [7, 11) is 0. The number of anilines is 1. The van der Waals surface area contributed by atoms with Crippen LogP contribution in [0.3, 0.4) is 0 Å². The zero-order chi connectivity index (χ0) is 15.2. The van der Waals surface area contributed by atoms with E-state index in [-0.39, 0.29) is 11.5 Å². The molecular weight excluding hydrogens is 285 g/mol. The van der Waals surface area contributed by atoms with Crippen molar-refractivity contribution in [1.82, 2.24) is 24.5 Å². The van der Waals surface area contributed by atoms with E-state index in [9.17, 15) is 13.2 Å². The van der Waals surface area contributed by atoms with Gasteiger partial charge in [0.2, 0.25) is 0 Å². The minimum Gasteiger partial charge on any atom is -0.276 e. The molecule has 0 atom stereocenters. The molecule has 6 nitrogen and oxygen atoms in total. The van der Waals surface area contributed by atoms with E-state index in [2.05, 4.69) is 20.7 Å². The first-order chi connectivity index (χ1) is 9.86. The largest absolute Gasteiger partial charge is 0.453 e. The van der Waals surface area contributed by atoms with E-state index < -0.39 is 12.0 Å². The average Bonchev–Trinajstić information content (AvgIpc) is 2.96. The Morgan fingerprint density at radius 3 is 2.29 bits per heavy atom. The topological polar surface area (TPSA) is 60.0 Å². The Hall–Kier alpha value is -2.58. The van der Waals surface area contributed by atoms with Crippen molar-refractivity contribution in [3.63, 3.8) is 0 Å². The summed E-state index contributed by atoms with van der Waals surface area (Å²) in [6.45, 7) is 3.75. The third-order valence-electron chi connectivity index (χ3n) is 3.01. The van der Waals surface area contributed by atoms with Gasteiger partial charge in [-0.3, -0.25) is 10.1 Å². The van der Waals surface area contributed by atoms with Crippen LogP contribution >= 0.6 is 0 Å². The van der Waals surface area contributed by atoms with Crippen molar-refractivity contribution in [1.29, 1.82) is 0 Å². The molecule has 0 unspecified atom stereocenters. The van der Waals surface area contributed by atoms with Gasteiger partial charge in [0.25, 0.3) is 5.82 Å². The van der Waals surface area contributed by atoms with Crippen LogP contribution in [0.15, 0.2) is 24.3 Å². The van der Waals surface area contributed by atoms with Crippen LogP contribution in [0.1, 0.15) is 17.2 Å². The summed E-state index contributed by atoms with van der Waals surface area (Å²) in [5, 5.41) is 10.5. The van der Waals surface area contributed by atoms with E-state index in [1.54, 1.807) is 10.7 Å². The van der Waals surface area contributed by atoms with Gasteiger partial charge in [-0.15, -0.1) is 15.3 Å². The van der Waals surface area contributed by atoms with Gasteiger partial charge in [0, 0.05) is 11.4 Å². The maximum Gasteiger partial charge on any atom is 0.453 e. The van der Waals surface area contributed by atoms with E-state index in [1.165, 1.54) is 6.07 Å². The van der Waals surface area contributed by atoms with Gasteiger partial charge in [-0.25, -0.2) is 0 Å². The minimum atomic E-state index is -4.61.